The first kappa shape index (κ1) is 15.1. The zero-order valence-electron chi connectivity index (χ0n) is 11.9. The quantitative estimate of drug-likeness (QED) is 0.859. The molecule has 1 aliphatic carbocycles. The van der Waals surface area contributed by atoms with Crippen LogP contribution in [0.3, 0.4) is 0 Å². The number of halogens is 1. The molecule has 2 N–H and O–H groups in total. The molecule has 1 aromatic rings. The molecule has 0 saturated heterocycles. The van der Waals surface area contributed by atoms with Crippen LogP contribution in [0.1, 0.15) is 51.3 Å². The van der Waals surface area contributed by atoms with E-state index in [-0.39, 0.29) is 6.04 Å². The van der Waals surface area contributed by atoms with E-state index in [9.17, 15) is 0 Å². The molecule has 0 radical (unpaired) electrons. The average molecular weight is 329 g/mol. The molecule has 0 spiro atoms. The van der Waals surface area contributed by atoms with Crippen molar-refractivity contribution >= 4 is 15.9 Å². The van der Waals surface area contributed by atoms with Crippen molar-refractivity contribution in [2.45, 2.75) is 51.6 Å². The molecule has 1 unspecified atom stereocenters. The predicted octanol–water partition coefficient (Wildman–Crippen LogP) is 3.94. The summed E-state index contributed by atoms with van der Waals surface area (Å²) in [7, 11) is 0. The van der Waals surface area contributed by atoms with Gasteiger partial charge < -0.3 is 10.2 Å². The van der Waals surface area contributed by atoms with Crippen LogP contribution >= 0.6 is 15.9 Å². The topological polar surface area (TPSA) is 42.4 Å². The summed E-state index contributed by atoms with van der Waals surface area (Å²) in [6.07, 6.45) is 7.01. The van der Waals surface area contributed by atoms with Crippen molar-refractivity contribution in [3.05, 3.63) is 22.6 Å². The Morgan fingerprint density at radius 2 is 2.11 bits per heavy atom. The molecule has 0 aromatic carbocycles. The van der Waals surface area contributed by atoms with Crippen LogP contribution in [0.4, 0.5) is 0 Å². The molecule has 1 fully saturated rings. The highest BCUT2D eigenvalue weighted by Crippen LogP contribution is 2.34. The van der Waals surface area contributed by atoms with Gasteiger partial charge in [0.05, 0.1) is 16.8 Å². The second-order valence-electron chi connectivity index (χ2n) is 5.91. The largest absolute Gasteiger partial charge is 0.466 e. The highest BCUT2D eigenvalue weighted by atomic mass is 79.9. The summed E-state index contributed by atoms with van der Waals surface area (Å²) in [5, 5.41) is 0. The third-order valence-corrected chi connectivity index (χ3v) is 4.60. The lowest BCUT2D eigenvalue weighted by molar-refractivity contribution is 0.107. The van der Waals surface area contributed by atoms with Crippen LogP contribution in [0.25, 0.3) is 0 Å². The Morgan fingerprint density at radius 1 is 1.42 bits per heavy atom. The molecule has 108 valence electrons. The minimum absolute atomic E-state index is 0.190. The summed E-state index contributed by atoms with van der Waals surface area (Å²) in [5.41, 5.74) is 6.05. The van der Waals surface area contributed by atoms with Crippen LogP contribution in [0.15, 0.2) is 21.2 Å². The first-order valence-corrected chi connectivity index (χ1v) is 8.11. The van der Waals surface area contributed by atoms with Crippen molar-refractivity contribution in [2.24, 2.45) is 11.7 Å². The molecule has 19 heavy (non-hydrogen) atoms. The van der Waals surface area contributed by atoms with Gasteiger partial charge in [0.2, 0.25) is 0 Å². The monoisotopic (exact) mass is 328 g/mol. The van der Waals surface area contributed by atoms with Gasteiger partial charge in [0.15, 0.2) is 0 Å². The zero-order valence-corrected chi connectivity index (χ0v) is 13.5. The van der Waals surface area contributed by atoms with Gasteiger partial charge in [-0.25, -0.2) is 0 Å². The minimum Gasteiger partial charge on any atom is -0.466 e. The first-order valence-electron chi connectivity index (χ1n) is 7.32. The minimum atomic E-state index is 0.190. The Kier molecular flexibility index (Phi) is 5.48. The number of nitrogens with zero attached hydrogens (tertiary/aromatic N) is 1. The maximum Gasteiger partial charge on any atom is 0.136 e. The molecule has 1 aliphatic rings. The average Bonchev–Trinajstić information content (AvgIpc) is 3.00. The Bertz CT molecular complexity index is 385. The Labute approximate surface area is 124 Å². The highest BCUT2D eigenvalue weighted by Gasteiger charge is 2.31. The van der Waals surface area contributed by atoms with E-state index >= 15 is 0 Å². The molecule has 0 bridgehead atoms. The summed E-state index contributed by atoms with van der Waals surface area (Å²) in [4.78, 5) is 2.57. The van der Waals surface area contributed by atoms with E-state index in [1.807, 2.05) is 6.07 Å². The van der Waals surface area contributed by atoms with Crippen molar-refractivity contribution < 1.29 is 4.42 Å². The van der Waals surface area contributed by atoms with E-state index < -0.39 is 0 Å². The third kappa shape index (κ3) is 3.61. The van der Waals surface area contributed by atoms with Gasteiger partial charge in [0, 0.05) is 19.1 Å². The van der Waals surface area contributed by atoms with Crippen LogP contribution < -0.4 is 5.73 Å². The van der Waals surface area contributed by atoms with Gasteiger partial charge in [-0.05, 0) is 40.8 Å². The second kappa shape index (κ2) is 6.91. The van der Waals surface area contributed by atoms with Gasteiger partial charge in [-0.15, -0.1) is 0 Å². The van der Waals surface area contributed by atoms with Crippen molar-refractivity contribution in [3.63, 3.8) is 0 Å². The van der Waals surface area contributed by atoms with Gasteiger partial charge in [0.25, 0.3) is 0 Å². The molecule has 2 rings (SSSR count). The van der Waals surface area contributed by atoms with E-state index in [1.165, 1.54) is 25.7 Å². The fourth-order valence-electron chi connectivity index (χ4n) is 3.12. The molecule has 1 atom stereocenters. The van der Waals surface area contributed by atoms with E-state index in [1.54, 1.807) is 6.26 Å². The Balaban J connectivity index is 2.21. The molecule has 1 aromatic heterocycles. The van der Waals surface area contributed by atoms with Crippen LogP contribution in [-0.4, -0.2) is 24.0 Å². The third-order valence-electron chi connectivity index (χ3n) is 3.94. The van der Waals surface area contributed by atoms with Gasteiger partial charge in [-0.3, -0.25) is 4.90 Å². The smallest absolute Gasteiger partial charge is 0.136 e. The lowest BCUT2D eigenvalue weighted by Crippen LogP contribution is -2.42. The maximum absolute atomic E-state index is 6.05. The molecular formula is C15H25BrN2O. The zero-order chi connectivity index (χ0) is 13.8. The van der Waals surface area contributed by atoms with Crippen molar-refractivity contribution in [3.8, 4) is 0 Å². The Hall–Kier alpha value is -0.320. The lowest BCUT2D eigenvalue weighted by Gasteiger charge is -2.36. The van der Waals surface area contributed by atoms with Crippen molar-refractivity contribution in [1.29, 1.82) is 0 Å². The molecular weight excluding hydrogens is 304 g/mol. The molecule has 0 amide bonds. The summed E-state index contributed by atoms with van der Waals surface area (Å²) >= 11 is 3.57. The molecule has 4 heteroatoms. The molecule has 1 saturated carbocycles. The summed E-state index contributed by atoms with van der Waals surface area (Å²) in [6, 6.07) is 2.81. The number of rotatable bonds is 6. The van der Waals surface area contributed by atoms with Crippen LogP contribution in [0.5, 0.6) is 0 Å². The van der Waals surface area contributed by atoms with Crippen LogP contribution in [0, 0.1) is 5.92 Å². The fraction of sp³-hybridized carbons (Fsp3) is 0.733. The predicted molar refractivity (Wildman–Crippen MR) is 82.0 cm³/mol. The van der Waals surface area contributed by atoms with E-state index in [2.05, 4.69) is 34.7 Å². The number of nitrogens with two attached hydrogens (primary N) is 1. The number of furan rings is 1. The SMILES string of the molecule is CC(C)CN(C1CCCC1)C(CN)c1occc1Br. The standard InChI is InChI=1S/C15H25BrN2O/c1-11(2)10-18(12-5-3-4-6-12)14(9-17)15-13(16)7-8-19-15/h7-8,11-12,14H,3-6,9-10,17H2,1-2H3. The normalized spacial score (nSPS) is 18.6. The number of hydrogen-bond acceptors (Lipinski definition) is 3. The van der Waals surface area contributed by atoms with Crippen molar-refractivity contribution in [2.75, 3.05) is 13.1 Å². The van der Waals surface area contributed by atoms with E-state index in [0.717, 1.165) is 16.8 Å². The second-order valence-corrected chi connectivity index (χ2v) is 6.77. The summed E-state index contributed by atoms with van der Waals surface area (Å²) < 4.78 is 6.71. The highest BCUT2D eigenvalue weighted by molar-refractivity contribution is 9.10. The van der Waals surface area contributed by atoms with Crippen LogP contribution in [-0.2, 0) is 0 Å². The van der Waals surface area contributed by atoms with Gasteiger partial charge >= 0.3 is 0 Å². The summed E-state index contributed by atoms with van der Waals surface area (Å²) in [5.74, 6) is 1.62. The summed E-state index contributed by atoms with van der Waals surface area (Å²) in [6.45, 7) is 6.23. The van der Waals surface area contributed by atoms with Gasteiger partial charge in [-0.1, -0.05) is 26.7 Å². The first-order chi connectivity index (χ1) is 9.13. The molecule has 3 nitrogen and oxygen atoms in total. The van der Waals surface area contributed by atoms with E-state index in [0.29, 0.717) is 18.5 Å². The van der Waals surface area contributed by atoms with Gasteiger partial charge in [-0.2, -0.15) is 0 Å². The maximum atomic E-state index is 6.05. The molecule has 1 heterocycles. The fourth-order valence-corrected chi connectivity index (χ4v) is 3.59. The molecule has 0 aliphatic heterocycles. The lowest BCUT2D eigenvalue weighted by atomic mass is 10.1. The van der Waals surface area contributed by atoms with Crippen molar-refractivity contribution in [1.82, 2.24) is 4.90 Å². The van der Waals surface area contributed by atoms with E-state index in [4.69, 9.17) is 10.2 Å². The van der Waals surface area contributed by atoms with Gasteiger partial charge in [0.1, 0.15) is 5.76 Å². The Morgan fingerprint density at radius 3 is 2.58 bits per heavy atom. The van der Waals surface area contributed by atoms with Crippen LogP contribution in [0.2, 0.25) is 0 Å². The number of hydrogen-bond donors (Lipinski definition) is 1.